The number of benzene rings is 1. The van der Waals surface area contributed by atoms with Crippen LogP contribution in [0.2, 0.25) is 0 Å². The van der Waals surface area contributed by atoms with E-state index in [2.05, 4.69) is 12.2 Å². The number of carboxylic acid groups (broad SMARTS) is 1. The zero-order chi connectivity index (χ0) is 16.4. The molecule has 4 atom stereocenters. The molecule has 1 amide bonds. The summed E-state index contributed by atoms with van der Waals surface area (Å²) in [5.74, 6) is -0.457. The van der Waals surface area contributed by atoms with Crippen molar-refractivity contribution in [3.63, 3.8) is 0 Å². The highest BCUT2D eigenvalue weighted by Crippen LogP contribution is 2.63. The summed E-state index contributed by atoms with van der Waals surface area (Å²) in [6, 6.07) is 9.53. The van der Waals surface area contributed by atoms with E-state index in [0.29, 0.717) is 6.54 Å². The van der Waals surface area contributed by atoms with Crippen LogP contribution in [0.5, 0.6) is 0 Å². The van der Waals surface area contributed by atoms with E-state index in [1.807, 2.05) is 30.3 Å². The van der Waals surface area contributed by atoms with Crippen LogP contribution in [0.4, 0.5) is 4.79 Å². The Labute approximate surface area is 136 Å². The van der Waals surface area contributed by atoms with Crippen LogP contribution >= 0.6 is 0 Å². The van der Waals surface area contributed by atoms with E-state index in [0.717, 1.165) is 24.8 Å². The molecule has 0 radical (unpaired) electrons. The summed E-state index contributed by atoms with van der Waals surface area (Å²) in [4.78, 5) is 23.2. The van der Waals surface area contributed by atoms with E-state index in [4.69, 9.17) is 4.74 Å². The molecule has 2 aliphatic rings. The topological polar surface area (TPSA) is 75.6 Å². The summed E-state index contributed by atoms with van der Waals surface area (Å²) >= 11 is 0. The van der Waals surface area contributed by atoms with Crippen LogP contribution in [0.15, 0.2) is 30.3 Å². The van der Waals surface area contributed by atoms with Crippen LogP contribution in [0.1, 0.15) is 31.7 Å². The van der Waals surface area contributed by atoms with Crippen molar-refractivity contribution in [2.24, 2.45) is 23.2 Å². The molecule has 4 unspecified atom stereocenters. The lowest BCUT2D eigenvalue weighted by atomic mass is 9.75. The van der Waals surface area contributed by atoms with Gasteiger partial charge in [-0.2, -0.15) is 0 Å². The van der Waals surface area contributed by atoms with E-state index in [1.54, 1.807) is 0 Å². The number of alkyl carbamates (subject to hydrolysis) is 1. The Bertz CT molecular complexity index is 588. The smallest absolute Gasteiger partial charge is 0.407 e. The van der Waals surface area contributed by atoms with Crippen molar-refractivity contribution in [1.29, 1.82) is 0 Å². The molecule has 0 heterocycles. The van der Waals surface area contributed by atoms with Crippen molar-refractivity contribution in [1.82, 2.24) is 5.32 Å². The molecule has 2 fully saturated rings. The molecule has 1 aromatic carbocycles. The van der Waals surface area contributed by atoms with Gasteiger partial charge in [0.15, 0.2) is 0 Å². The van der Waals surface area contributed by atoms with Gasteiger partial charge in [-0.1, -0.05) is 43.7 Å². The standard InChI is InChI=1S/C18H23NO4/c1-18(9-5-8-13-14(15(13)18)16(20)21)11-19-17(22)23-10-12-6-3-2-4-7-12/h2-4,6-7,13-15H,5,8-11H2,1H3,(H,19,22)(H,20,21). The van der Waals surface area contributed by atoms with Gasteiger partial charge in [0, 0.05) is 6.54 Å². The minimum atomic E-state index is -0.695. The number of aliphatic carboxylic acids is 1. The monoisotopic (exact) mass is 317 g/mol. The molecular weight excluding hydrogens is 294 g/mol. The predicted octanol–water partition coefficient (Wildman–Crippen LogP) is 3.05. The lowest BCUT2D eigenvalue weighted by Crippen LogP contribution is -2.39. The van der Waals surface area contributed by atoms with Crippen molar-refractivity contribution >= 4 is 12.1 Å². The van der Waals surface area contributed by atoms with Crippen LogP contribution in [-0.4, -0.2) is 23.7 Å². The molecule has 0 aliphatic heterocycles. The Balaban J connectivity index is 1.49. The molecule has 5 heteroatoms. The maximum absolute atomic E-state index is 11.9. The molecule has 0 spiro atoms. The maximum atomic E-state index is 11.9. The first-order chi connectivity index (χ1) is 11.0. The maximum Gasteiger partial charge on any atom is 0.407 e. The first kappa shape index (κ1) is 15.8. The number of carboxylic acids is 1. The Morgan fingerprint density at radius 3 is 2.78 bits per heavy atom. The van der Waals surface area contributed by atoms with E-state index in [-0.39, 0.29) is 29.8 Å². The number of nitrogens with one attached hydrogen (secondary N) is 1. The van der Waals surface area contributed by atoms with Crippen LogP contribution < -0.4 is 5.32 Å². The first-order valence-electron chi connectivity index (χ1n) is 8.19. The van der Waals surface area contributed by atoms with Crippen molar-refractivity contribution in [2.45, 2.75) is 32.8 Å². The van der Waals surface area contributed by atoms with Gasteiger partial charge in [0.2, 0.25) is 0 Å². The summed E-state index contributed by atoms with van der Waals surface area (Å²) in [6.45, 7) is 2.81. The van der Waals surface area contributed by atoms with Gasteiger partial charge in [-0.05, 0) is 35.7 Å². The fourth-order valence-corrected chi connectivity index (χ4v) is 4.18. The molecule has 3 rings (SSSR count). The van der Waals surface area contributed by atoms with Gasteiger partial charge < -0.3 is 15.2 Å². The Morgan fingerprint density at radius 1 is 1.35 bits per heavy atom. The molecule has 23 heavy (non-hydrogen) atoms. The molecule has 2 N–H and O–H groups in total. The Kier molecular flexibility index (Phi) is 4.28. The highest BCUT2D eigenvalue weighted by Gasteiger charge is 2.63. The molecule has 0 bridgehead atoms. The van der Waals surface area contributed by atoms with Crippen molar-refractivity contribution < 1.29 is 19.4 Å². The number of amides is 1. The molecule has 5 nitrogen and oxygen atoms in total. The van der Waals surface area contributed by atoms with Gasteiger partial charge in [0.25, 0.3) is 0 Å². The summed E-state index contributed by atoms with van der Waals surface area (Å²) in [6.07, 6.45) is 2.54. The third-order valence-electron chi connectivity index (χ3n) is 5.39. The van der Waals surface area contributed by atoms with E-state index < -0.39 is 12.1 Å². The molecule has 124 valence electrons. The molecule has 2 saturated carbocycles. The molecule has 2 aliphatic carbocycles. The number of hydrogen-bond donors (Lipinski definition) is 2. The quantitative estimate of drug-likeness (QED) is 0.875. The van der Waals surface area contributed by atoms with Crippen LogP contribution in [0.3, 0.4) is 0 Å². The van der Waals surface area contributed by atoms with Gasteiger partial charge >= 0.3 is 12.1 Å². The number of carbonyl (C=O) groups excluding carboxylic acids is 1. The SMILES string of the molecule is CC1(CNC(=O)OCc2ccccc2)CCCC2C(C(=O)O)C21. The number of carbonyl (C=O) groups is 2. The molecular formula is C18H23NO4. The van der Waals surface area contributed by atoms with E-state index >= 15 is 0 Å². The van der Waals surface area contributed by atoms with Crippen LogP contribution in [0, 0.1) is 23.2 Å². The van der Waals surface area contributed by atoms with Crippen LogP contribution in [-0.2, 0) is 16.1 Å². The van der Waals surface area contributed by atoms with Crippen molar-refractivity contribution in [3.05, 3.63) is 35.9 Å². The second-order valence-corrected chi connectivity index (χ2v) is 7.02. The lowest BCUT2D eigenvalue weighted by molar-refractivity contribution is -0.139. The first-order valence-corrected chi connectivity index (χ1v) is 8.19. The average molecular weight is 317 g/mol. The number of ether oxygens (including phenoxy) is 1. The highest BCUT2D eigenvalue weighted by atomic mass is 16.5. The summed E-state index contributed by atoms with van der Waals surface area (Å²) in [5, 5.41) is 12.1. The Morgan fingerprint density at radius 2 is 2.09 bits per heavy atom. The second kappa shape index (κ2) is 6.22. The van der Waals surface area contributed by atoms with Gasteiger partial charge in [-0.15, -0.1) is 0 Å². The van der Waals surface area contributed by atoms with Gasteiger partial charge in [-0.25, -0.2) is 4.79 Å². The largest absolute Gasteiger partial charge is 0.481 e. The Hall–Kier alpha value is -2.04. The number of hydrogen-bond acceptors (Lipinski definition) is 3. The number of fused-ring (bicyclic) bond motifs is 1. The predicted molar refractivity (Wildman–Crippen MR) is 84.7 cm³/mol. The second-order valence-electron chi connectivity index (χ2n) is 7.02. The molecule has 1 aromatic rings. The number of rotatable bonds is 5. The zero-order valence-corrected chi connectivity index (χ0v) is 13.3. The molecule has 0 saturated heterocycles. The van der Waals surface area contributed by atoms with E-state index in [9.17, 15) is 14.7 Å². The third-order valence-corrected chi connectivity index (χ3v) is 5.39. The van der Waals surface area contributed by atoms with Gasteiger partial charge in [-0.3, -0.25) is 4.79 Å². The minimum absolute atomic E-state index is 0.141. The summed E-state index contributed by atoms with van der Waals surface area (Å²) in [5.41, 5.74) is 0.803. The van der Waals surface area contributed by atoms with Crippen molar-refractivity contribution in [2.75, 3.05) is 6.54 Å². The summed E-state index contributed by atoms with van der Waals surface area (Å²) < 4.78 is 5.22. The van der Waals surface area contributed by atoms with E-state index in [1.165, 1.54) is 0 Å². The van der Waals surface area contributed by atoms with Crippen molar-refractivity contribution in [3.8, 4) is 0 Å². The lowest BCUT2D eigenvalue weighted by Gasteiger charge is -2.33. The highest BCUT2D eigenvalue weighted by molar-refractivity contribution is 5.75. The van der Waals surface area contributed by atoms with Crippen LogP contribution in [0.25, 0.3) is 0 Å². The fraction of sp³-hybridized carbons (Fsp3) is 0.556. The normalized spacial score (nSPS) is 31.8. The fourth-order valence-electron chi connectivity index (χ4n) is 4.18. The molecule has 0 aromatic heterocycles. The summed E-state index contributed by atoms with van der Waals surface area (Å²) in [7, 11) is 0. The average Bonchev–Trinajstić information content (AvgIpc) is 3.29. The minimum Gasteiger partial charge on any atom is -0.481 e. The van der Waals surface area contributed by atoms with Gasteiger partial charge in [0.1, 0.15) is 6.61 Å². The third kappa shape index (κ3) is 3.33. The van der Waals surface area contributed by atoms with Gasteiger partial charge in [0.05, 0.1) is 5.92 Å². The zero-order valence-electron chi connectivity index (χ0n) is 13.3.